The molecule has 2 heterocycles. The molecule has 8 heteroatoms. The molecule has 5 nitrogen and oxygen atoms in total. The Kier molecular flexibility index (Phi) is 6.36. The molecule has 150 valence electrons. The number of thiazole rings is 1. The summed E-state index contributed by atoms with van der Waals surface area (Å²) in [6.07, 6.45) is 5.31. The van der Waals surface area contributed by atoms with E-state index in [0.717, 1.165) is 14.8 Å². The number of carbonyl (C=O) groups excluding carboxylic acids is 1. The molecular formula is C22H16FN3O2S2. The lowest BCUT2D eigenvalue weighted by Crippen LogP contribution is -2.13. The topological polar surface area (TPSA) is 64.1 Å². The summed E-state index contributed by atoms with van der Waals surface area (Å²) < 4.78 is 19.6. The highest BCUT2D eigenvalue weighted by atomic mass is 32.2. The Balaban J connectivity index is 1.28. The van der Waals surface area contributed by atoms with Crippen LogP contribution >= 0.6 is 23.1 Å². The Bertz CT molecular complexity index is 1130. The average molecular weight is 438 g/mol. The second-order valence-corrected chi connectivity index (χ2v) is 8.41. The molecule has 2 aromatic heterocycles. The quantitative estimate of drug-likeness (QED) is 0.367. The number of nitrogens with zero attached hydrogens (tertiary/aromatic N) is 2. The molecule has 0 aliphatic rings. The van der Waals surface area contributed by atoms with Crippen molar-refractivity contribution in [2.75, 3.05) is 11.1 Å². The number of ether oxygens (including phenoxy) is 1. The van der Waals surface area contributed by atoms with Gasteiger partial charge in [-0.15, -0.1) is 11.3 Å². The number of aromatic nitrogens is 2. The maximum absolute atomic E-state index is 13.2. The monoisotopic (exact) mass is 437 g/mol. The fourth-order valence-electron chi connectivity index (χ4n) is 2.56. The van der Waals surface area contributed by atoms with Crippen molar-refractivity contribution in [3.8, 4) is 21.9 Å². The molecule has 0 unspecified atom stereocenters. The van der Waals surface area contributed by atoms with Gasteiger partial charge in [0.25, 0.3) is 0 Å². The van der Waals surface area contributed by atoms with Crippen LogP contribution in [0.15, 0.2) is 83.6 Å². The summed E-state index contributed by atoms with van der Waals surface area (Å²) >= 11 is 2.91. The Labute approximate surface area is 181 Å². The molecule has 4 rings (SSSR count). The molecule has 0 atom stereocenters. The van der Waals surface area contributed by atoms with Crippen LogP contribution in [0.2, 0.25) is 0 Å². The molecule has 0 spiro atoms. The van der Waals surface area contributed by atoms with Crippen molar-refractivity contribution in [2.24, 2.45) is 0 Å². The minimum Gasteiger partial charge on any atom is -0.457 e. The summed E-state index contributed by atoms with van der Waals surface area (Å²) in [4.78, 5) is 21.7. The minimum atomic E-state index is -0.360. The van der Waals surface area contributed by atoms with E-state index >= 15 is 0 Å². The molecule has 4 aromatic rings. The number of halogens is 1. The van der Waals surface area contributed by atoms with Crippen LogP contribution in [0.1, 0.15) is 0 Å². The molecule has 1 N–H and O–H groups in total. The first kappa shape index (κ1) is 20.1. The lowest BCUT2D eigenvalue weighted by Gasteiger charge is -2.08. The molecule has 0 aliphatic carbocycles. The number of benzene rings is 2. The van der Waals surface area contributed by atoms with Crippen molar-refractivity contribution < 1.29 is 13.9 Å². The number of nitrogens with one attached hydrogen (secondary N) is 1. The van der Waals surface area contributed by atoms with Crippen molar-refractivity contribution in [3.63, 3.8) is 0 Å². The molecular weight excluding hydrogens is 421 g/mol. The fraction of sp³-hybridized carbons (Fsp3) is 0.0455. The van der Waals surface area contributed by atoms with Gasteiger partial charge < -0.3 is 10.1 Å². The van der Waals surface area contributed by atoms with E-state index in [4.69, 9.17) is 4.74 Å². The number of thioether (sulfide) groups is 1. The molecule has 0 bridgehead atoms. The second-order valence-electron chi connectivity index (χ2n) is 6.15. The van der Waals surface area contributed by atoms with Gasteiger partial charge in [-0.05, 0) is 42.5 Å². The van der Waals surface area contributed by atoms with Crippen molar-refractivity contribution in [2.45, 2.75) is 4.34 Å². The van der Waals surface area contributed by atoms with E-state index in [2.05, 4.69) is 15.3 Å². The Morgan fingerprint density at radius 1 is 1.07 bits per heavy atom. The minimum absolute atomic E-state index is 0.128. The van der Waals surface area contributed by atoms with Gasteiger partial charge in [0, 0.05) is 35.9 Å². The van der Waals surface area contributed by atoms with Gasteiger partial charge in [-0.3, -0.25) is 9.78 Å². The van der Waals surface area contributed by atoms with Gasteiger partial charge in [0.15, 0.2) is 4.34 Å². The first-order valence-electron chi connectivity index (χ1n) is 8.98. The third-order valence-corrected chi connectivity index (χ3v) is 6.13. The van der Waals surface area contributed by atoms with Crippen LogP contribution in [0.3, 0.4) is 0 Å². The largest absolute Gasteiger partial charge is 0.457 e. The van der Waals surface area contributed by atoms with Crippen molar-refractivity contribution >= 4 is 34.7 Å². The van der Waals surface area contributed by atoms with Gasteiger partial charge in [0.05, 0.1) is 10.6 Å². The van der Waals surface area contributed by atoms with E-state index in [1.807, 2.05) is 12.1 Å². The SMILES string of the molecule is O=C(CSc1ncc(-c2cccnc2)s1)Nc1ccc(Oc2cccc(F)c2)cc1. The van der Waals surface area contributed by atoms with Crippen LogP contribution in [0.4, 0.5) is 10.1 Å². The standard InChI is InChI=1S/C22H16FN3O2S2/c23-16-4-1-5-19(11-16)28-18-8-6-17(7-9-18)26-21(27)14-29-22-25-13-20(30-22)15-3-2-10-24-12-15/h1-13H,14H2,(H,26,27). The summed E-state index contributed by atoms with van der Waals surface area (Å²) in [6, 6.07) is 16.7. The summed E-state index contributed by atoms with van der Waals surface area (Å²) in [5.41, 5.74) is 1.66. The van der Waals surface area contributed by atoms with E-state index in [1.165, 1.54) is 35.2 Å². The fourth-order valence-corrected chi connectivity index (χ4v) is 4.34. The third-order valence-electron chi connectivity index (χ3n) is 3.93. The lowest BCUT2D eigenvalue weighted by molar-refractivity contribution is -0.113. The smallest absolute Gasteiger partial charge is 0.234 e. The average Bonchev–Trinajstić information content (AvgIpc) is 3.24. The van der Waals surface area contributed by atoms with Crippen LogP contribution in [0.5, 0.6) is 11.5 Å². The predicted molar refractivity (Wildman–Crippen MR) is 118 cm³/mol. The zero-order valence-electron chi connectivity index (χ0n) is 15.6. The van der Waals surface area contributed by atoms with E-state index < -0.39 is 0 Å². The molecule has 0 radical (unpaired) electrons. The van der Waals surface area contributed by atoms with Gasteiger partial charge in [-0.25, -0.2) is 9.37 Å². The third kappa shape index (κ3) is 5.43. The predicted octanol–water partition coefficient (Wildman–Crippen LogP) is 5.87. The Hall–Kier alpha value is -3.23. The maximum atomic E-state index is 13.2. The van der Waals surface area contributed by atoms with Gasteiger partial charge >= 0.3 is 0 Å². The van der Waals surface area contributed by atoms with E-state index in [1.54, 1.807) is 55.0 Å². The number of carbonyl (C=O) groups is 1. The van der Waals surface area contributed by atoms with Crippen LogP contribution < -0.4 is 10.1 Å². The number of amides is 1. The molecule has 0 aliphatic heterocycles. The summed E-state index contributed by atoms with van der Waals surface area (Å²) in [7, 11) is 0. The highest BCUT2D eigenvalue weighted by Gasteiger charge is 2.09. The second kappa shape index (κ2) is 9.51. The van der Waals surface area contributed by atoms with Gasteiger partial charge in [-0.1, -0.05) is 23.9 Å². The van der Waals surface area contributed by atoms with Crippen LogP contribution in [-0.4, -0.2) is 21.6 Å². The molecule has 1 amide bonds. The lowest BCUT2D eigenvalue weighted by atomic mass is 10.3. The molecule has 0 fully saturated rings. The summed E-state index contributed by atoms with van der Waals surface area (Å²) in [5, 5.41) is 2.84. The highest BCUT2D eigenvalue weighted by molar-refractivity contribution is 8.01. The summed E-state index contributed by atoms with van der Waals surface area (Å²) in [5.74, 6) is 0.733. The molecule has 0 saturated heterocycles. The molecule has 2 aromatic carbocycles. The number of hydrogen-bond donors (Lipinski definition) is 1. The Morgan fingerprint density at radius 2 is 1.93 bits per heavy atom. The van der Waals surface area contributed by atoms with Crippen LogP contribution in [0, 0.1) is 5.82 Å². The van der Waals surface area contributed by atoms with Crippen molar-refractivity contribution in [1.82, 2.24) is 9.97 Å². The normalized spacial score (nSPS) is 10.6. The molecule has 0 saturated carbocycles. The van der Waals surface area contributed by atoms with Crippen LogP contribution in [-0.2, 0) is 4.79 Å². The van der Waals surface area contributed by atoms with Gasteiger partial charge in [0.2, 0.25) is 5.91 Å². The zero-order chi connectivity index (χ0) is 20.8. The van der Waals surface area contributed by atoms with Gasteiger partial charge in [0.1, 0.15) is 17.3 Å². The number of pyridine rings is 1. The van der Waals surface area contributed by atoms with Crippen molar-refractivity contribution in [1.29, 1.82) is 0 Å². The number of rotatable bonds is 7. The number of anilines is 1. The van der Waals surface area contributed by atoms with E-state index in [9.17, 15) is 9.18 Å². The number of hydrogen-bond acceptors (Lipinski definition) is 6. The zero-order valence-corrected chi connectivity index (χ0v) is 17.3. The first-order valence-corrected chi connectivity index (χ1v) is 10.8. The van der Waals surface area contributed by atoms with Gasteiger partial charge in [-0.2, -0.15) is 0 Å². The van der Waals surface area contributed by atoms with Crippen LogP contribution in [0.25, 0.3) is 10.4 Å². The maximum Gasteiger partial charge on any atom is 0.234 e. The summed E-state index contributed by atoms with van der Waals surface area (Å²) in [6.45, 7) is 0. The molecule has 30 heavy (non-hydrogen) atoms. The van der Waals surface area contributed by atoms with E-state index in [-0.39, 0.29) is 17.5 Å². The van der Waals surface area contributed by atoms with E-state index in [0.29, 0.717) is 17.2 Å². The van der Waals surface area contributed by atoms with Crippen molar-refractivity contribution in [3.05, 3.63) is 85.1 Å². The first-order chi connectivity index (χ1) is 14.7. The highest BCUT2D eigenvalue weighted by Crippen LogP contribution is 2.31. The Morgan fingerprint density at radius 3 is 2.70 bits per heavy atom.